The van der Waals surface area contributed by atoms with Gasteiger partial charge in [0, 0.05) is 18.1 Å². The standard InChI is InChI=1S/C22H28Cl2N2O3S2/c1-22(2,3)17-6-8-18(9-7-17)26(31(4,28)29)14-21(27)25-11-12-30-15-16-5-10-19(23)20(24)13-16/h5-10,13H,11-12,14-15H2,1-4H3,(H,25,27). The van der Waals surface area contributed by atoms with Crippen LogP contribution in [0, 0.1) is 0 Å². The third-order valence-electron chi connectivity index (χ3n) is 4.53. The van der Waals surface area contributed by atoms with Crippen molar-refractivity contribution in [2.75, 3.05) is 29.4 Å². The molecule has 0 atom stereocenters. The minimum atomic E-state index is -3.60. The maximum absolute atomic E-state index is 12.4. The second kappa shape index (κ2) is 10.9. The smallest absolute Gasteiger partial charge is 0.240 e. The zero-order valence-electron chi connectivity index (χ0n) is 18.1. The van der Waals surface area contributed by atoms with E-state index in [2.05, 4.69) is 26.1 Å². The van der Waals surface area contributed by atoms with Gasteiger partial charge in [0.25, 0.3) is 0 Å². The van der Waals surface area contributed by atoms with Gasteiger partial charge < -0.3 is 5.32 Å². The van der Waals surface area contributed by atoms with Crippen LogP contribution in [-0.4, -0.2) is 39.4 Å². The first-order chi connectivity index (χ1) is 14.4. The first-order valence-electron chi connectivity index (χ1n) is 9.74. The van der Waals surface area contributed by atoms with E-state index in [0.717, 1.165) is 27.4 Å². The summed E-state index contributed by atoms with van der Waals surface area (Å²) in [7, 11) is -3.60. The molecule has 0 fully saturated rings. The van der Waals surface area contributed by atoms with Crippen molar-refractivity contribution in [3.8, 4) is 0 Å². The molecular weight excluding hydrogens is 475 g/mol. The van der Waals surface area contributed by atoms with Crippen molar-refractivity contribution in [3.05, 3.63) is 63.6 Å². The van der Waals surface area contributed by atoms with E-state index in [9.17, 15) is 13.2 Å². The Hall–Kier alpha value is -1.41. The van der Waals surface area contributed by atoms with E-state index in [1.54, 1.807) is 30.0 Å². The highest BCUT2D eigenvalue weighted by atomic mass is 35.5. The first kappa shape index (κ1) is 25.8. The van der Waals surface area contributed by atoms with Crippen LogP contribution in [0.1, 0.15) is 31.9 Å². The van der Waals surface area contributed by atoms with Crippen LogP contribution in [0.4, 0.5) is 5.69 Å². The number of carbonyl (C=O) groups is 1. The Morgan fingerprint density at radius 3 is 2.26 bits per heavy atom. The Bertz CT molecular complexity index is 1000. The third kappa shape index (κ3) is 8.22. The number of amides is 1. The number of anilines is 1. The molecule has 0 saturated carbocycles. The number of sulfonamides is 1. The Morgan fingerprint density at radius 2 is 1.71 bits per heavy atom. The number of hydrogen-bond acceptors (Lipinski definition) is 4. The lowest BCUT2D eigenvalue weighted by atomic mass is 9.87. The highest BCUT2D eigenvalue weighted by Gasteiger charge is 2.21. The molecule has 0 spiro atoms. The monoisotopic (exact) mass is 502 g/mol. The Kier molecular flexibility index (Phi) is 9.13. The highest BCUT2D eigenvalue weighted by Crippen LogP contribution is 2.26. The summed E-state index contributed by atoms with van der Waals surface area (Å²) in [5.74, 6) is 1.08. The molecule has 0 aliphatic carbocycles. The molecule has 5 nitrogen and oxygen atoms in total. The fourth-order valence-electron chi connectivity index (χ4n) is 2.80. The number of benzene rings is 2. The summed E-state index contributed by atoms with van der Waals surface area (Å²) in [6.07, 6.45) is 1.10. The van der Waals surface area contributed by atoms with Crippen molar-refractivity contribution in [2.24, 2.45) is 0 Å². The van der Waals surface area contributed by atoms with Gasteiger partial charge in [-0.15, -0.1) is 0 Å². The molecule has 31 heavy (non-hydrogen) atoms. The molecule has 0 aliphatic heterocycles. The molecule has 0 unspecified atom stereocenters. The van der Waals surface area contributed by atoms with Gasteiger partial charge in [-0.3, -0.25) is 9.10 Å². The lowest BCUT2D eigenvalue weighted by molar-refractivity contribution is -0.119. The highest BCUT2D eigenvalue weighted by molar-refractivity contribution is 7.98. The van der Waals surface area contributed by atoms with Gasteiger partial charge in [0.15, 0.2) is 0 Å². The third-order valence-corrected chi connectivity index (χ3v) is 7.44. The van der Waals surface area contributed by atoms with Crippen LogP contribution >= 0.6 is 35.0 Å². The lowest BCUT2D eigenvalue weighted by Crippen LogP contribution is -2.41. The topological polar surface area (TPSA) is 66.5 Å². The maximum atomic E-state index is 12.4. The first-order valence-corrected chi connectivity index (χ1v) is 13.5. The van der Waals surface area contributed by atoms with E-state index >= 15 is 0 Å². The number of nitrogens with one attached hydrogen (secondary N) is 1. The Balaban J connectivity index is 1.87. The summed E-state index contributed by atoms with van der Waals surface area (Å²) in [6.45, 7) is 6.44. The largest absolute Gasteiger partial charge is 0.354 e. The quantitative estimate of drug-likeness (QED) is 0.484. The molecule has 0 saturated heterocycles. The van der Waals surface area contributed by atoms with Crippen LogP contribution in [-0.2, 0) is 26.0 Å². The maximum Gasteiger partial charge on any atom is 0.240 e. The van der Waals surface area contributed by atoms with Gasteiger partial charge in [-0.25, -0.2) is 8.42 Å². The van der Waals surface area contributed by atoms with Crippen molar-refractivity contribution in [1.82, 2.24) is 5.32 Å². The fourth-order valence-corrected chi connectivity index (χ4v) is 4.78. The van der Waals surface area contributed by atoms with E-state index in [4.69, 9.17) is 23.2 Å². The average Bonchev–Trinajstić information content (AvgIpc) is 2.67. The summed E-state index contributed by atoms with van der Waals surface area (Å²) in [6, 6.07) is 12.8. The van der Waals surface area contributed by atoms with Crippen LogP contribution < -0.4 is 9.62 Å². The Morgan fingerprint density at radius 1 is 1.06 bits per heavy atom. The second-order valence-corrected chi connectivity index (χ2v) is 12.0. The predicted octanol–water partition coefficient (Wildman–Crippen LogP) is 5.11. The zero-order chi connectivity index (χ0) is 23.2. The fraction of sp³-hybridized carbons (Fsp3) is 0.409. The minimum Gasteiger partial charge on any atom is -0.354 e. The molecule has 1 N–H and O–H groups in total. The Labute approximate surface area is 199 Å². The number of thioether (sulfide) groups is 1. The number of halogens is 2. The molecule has 0 heterocycles. The molecule has 2 rings (SSSR count). The summed E-state index contributed by atoms with van der Waals surface area (Å²) in [5, 5.41) is 3.82. The number of hydrogen-bond donors (Lipinski definition) is 1. The average molecular weight is 504 g/mol. The van der Waals surface area contributed by atoms with Crippen molar-refractivity contribution in [3.63, 3.8) is 0 Å². The van der Waals surface area contributed by atoms with Gasteiger partial charge in [0.1, 0.15) is 6.54 Å². The molecular formula is C22H28Cl2N2O3S2. The van der Waals surface area contributed by atoms with E-state index < -0.39 is 10.0 Å². The molecule has 0 radical (unpaired) electrons. The molecule has 2 aromatic carbocycles. The van der Waals surface area contributed by atoms with Gasteiger partial charge in [-0.1, -0.05) is 62.2 Å². The molecule has 0 aliphatic rings. The predicted molar refractivity (Wildman–Crippen MR) is 133 cm³/mol. The van der Waals surface area contributed by atoms with Gasteiger partial charge in [-0.2, -0.15) is 11.8 Å². The van der Waals surface area contributed by atoms with E-state index in [1.165, 1.54) is 0 Å². The van der Waals surface area contributed by atoms with Crippen molar-refractivity contribution in [1.29, 1.82) is 0 Å². The van der Waals surface area contributed by atoms with Crippen molar-refractivity contribution < 1.29 is 13.2 Å². The zero-order valence-corrected chi connectivity index (χ0v) is 21.3. The summed E-state index contributed by atoms with van der Waals surface area (Å²) >= 11 is 13.6. The van der Waals surface area contributed by atoms with E-state index in [1.807, 2.05) is 24.3 Å². The summed E-state index contributed by atoms with van der Waals surface area (Å²) in [5.41, 5.74) is 2.57. The number of nitrogens with zero attached hydrogens (tertiary/aromatic N) is 1. The number of rotatable bonds is 9. The van der Waals surface area contributed by atoms with Gasteiger partial charge in [-0.05, 0) is 40.8 Å². The van der Waals surface area contributed by atoms with Gasteiger partial charge in [0.05, 0.1) is 22.0 Å². The molecule has 2 aromatic rings. The van der Waals surface area contributed by atoms with Gasteiger partial charge in [0.2, 0.25) is 15.9 Å². The van der Waals surface area contributed by atoms with E-state index in [-0.39, 0.29) is 17.9 Å². The summed E-state index contributed by atoms with van der Waals surface area (Å²) < 4.78 is 25.6. The molecule has 0 bridgehead atoms. The number of carbonyl (C=O) groups excluding carboxylic acids is 1. The molecule has 9 heteroatoms. The van der Waals surface area contributed by atoms with Crippen LogP contribution in [0.2, 0.25) is 10.0 Å². The summed E-state index contributed by atoms with van der Waals surface area (Å²) in [4.78, 5) is 12.4. The van der Waals surface area contributed by atoms with Crippen LogP contribution in [0.15, 0.2) is 42.5 Å². The SMILES string of the molecule is CC(C)(C)c1ccc(N(CC(=O)NCCSCc2ccc(Cl)c(Cl)c2)S(C)(=O)=O)cc1. The van der Waals surface area contributed by atoms with Gasteiger partial charge >= 0.3 is 0 Å². The van der Waals surface area contributed by atoms with Crippen molar-refractivity contribution >= 4 is 56.6 Å². The van der Waals surface area contributed by atoms with Crippen LogP contribution in [0.5, 0.6) is 0 Å². The van der Waals surface area contributed by atoms with E-state index in [0.29, 0.717) is 28.0 Å². The van der Waals surface area contributed by atoms with Crippen molar-refractivity contribution in [2.45, 2.75) is 31.9 Å². The molecule has 170 valence electrons. The molecule has 1 amide bonds. The van der Waals surface area contributed by atoms with Crippen LogP contribution in [0.25, 0.3) is 0 Å². The molecule has 0 aromatic heterocycles. The van der Waals surface area contributed by atoms with Crippen LogP contribution in [0.3, 0.4) is 0 Å². The normalized spacial score (nSPS) is 11.9. The lowest BCUT2D eigenvalue weighted by Gasteiger charge is -2.24. The minimum absolute atomic E-state index is 0.0408. The second-order valence-electron chi connectivity index (χ2n) is 8.22.